The van der Waals surface area contributed by atoms with Crippen molar-refractivity contribution in [2.24, 2.45) is 5.73 Å². The second kappa shape index (κ2) is 5.75. The van der Waals surface area contributed by atoms with Crippen molar-refractivity contribution in [3.05, 3.63) is 35.6 Å². The van der Waals surface area contributed by atoms with E-state index in [0.29, 0.717) is 23.1 Å². The molecule has 0 radical (unpaired) electrons. The SMILES string of the molecule is CC(C)c1noc([C@@H]2CCCN2c2ncccc2C(N)=O)n1. The molecule has 1 aliphatic heterocycles. The number of aromatic nitrogens is 3. The Hall–Kier alpha value is -2.44. The Balaban J connectivity index is 1.95. The molecule has 116 valence electrons. The minimum absolute atomic E-state index is 0.0620. The summed E-state index contributed by atoms with van der Waals surface area (Å²) < 4.78 is 5.42. The highest BCUT2D eigenvalue weighted by molar-refractivity contribution is 5.97. The van der Waals surface area contributed by atoms with Gasteiger partial charge in [0.25, 0.3) is 5.91 Å². The molecule has 2 aromatic rings. The maximum atomic E-state index is 11.6. The predicted octanol–water partition coefficient (Wildman–Crippen LogP) is 2.03. The Morgan fingerprint density at radius 3 is 3.00 bits per heavy atom. The summed E-state index contributed by atoms with van der Waals surface area (Å²) in [5.41, 5.74) is 5.87. The van der Waals surface area contributed by atoms with Gasteiger partial charge in [-0.3, -0.25) is 4.79 Å². The number of hydrogen-bond acceptors (Lipinski definition) is 6. The van der Waals surface area contributed by atoms with Crippen LogP contribution >= 0.6 is 0 Å². The lowest BCUT2D eigenvalue weighted by atomic mass is 10.2. The zero-order valence-corrected chi connectivity index (χ0v) is 12.7. The van der Waals surface area contributed by atoms with Crippen LogP contribution in [0.1, 0.15) is 60.7 Å². The number of nitrogens with two attached hydrogens (primary N) is 1. The monoisotopic (exact) mass is 301 g/mol. The molecular formula is C15H19N5O2. The van der Waals surface area contributed by atoms with Crippen LogP contribution in [0.5, 0.6) is 0 Å². The van der Waals surface area contributed by atoms with E-state index in [-0.39, 0.29) is 12.0 Å². The molecule has 3 rings (SSSR count). The molecule has 1 atom stereocenters. The van der Waals surface area contributed by atoms with Crippen LogP contribution in [0.15, 0.2) is 22.9 Å². The van der Waals surface area contributed by atoms with Gasteiger partial charge in [-0.1, -0.05) is 19.0 Å². The van der Waals surface area contributed by atoms with Gasteiger partial charge < -0.3 is 15.2 Å². The van der Waals surface area contributed by atoms with Gasteiger partial charge >= 0.3 is 0 Å². The van der Waals surface area contributed by atoms with Gasteiger partial charge in [-0.2, -0.15) is 4.98 Å². The van der Waals surface area contributed by atoms with Crippen molar-refractivity contribution >= 4 is 11.7 Å². The fourth-order valence-electron chi connectivity index (χ4n) is 2.71. The summed E-state index contributed by atoms with van der Waals surface area (Å²) in [7, 11) is 0. The maximum Gasteiger partial charge on any atom is 0.252 e. The summed E-state index contributed by atoms with van der Waals surface area (Å²) in [5.74, 6) is 1.58. The van der Waals surface area contributed by atoms with Crippen molar-refractivity contribution in [2.75, 3.05) is 11.4 Å². The molecule has 0 bridgehead atoms. The normalized spacial score (nSPS) is 18.1. The number of nitrogens with zero attached hydrogens (tertiary/aromatic N) is 4. The van der Waals surface area contributed by atoms with Crippen molar-refractivity contribution in [3.63, 3.8) is 0 Å². The maximum absolute atomic E-state index is 11.6. The van der Waals surface area contributed by atoms with E-state index in [1.54, 1.807) is 18.3 Å². The van der Waals surface area contributed by atoms with Crippen LogP contribution in [-0.2, 0) is 0 Å². The molecule has 0 aliphatic carbocycles. The Morgan fingerprint density at radius 2 is 2.32 bits per heavy atom. The first-order valence-corrected chi connectivity index (χ1v) is 7.43. The van der Waals surface area contributed by atoms with E-state index >= 15 is 0 Å². The van der Waals surface area contributed by atoms with Gasteiger partial charge in [0.1, 0.15) is 11.9 Å². The summed E-state index contributed by atoms with van der Waals surface area (Å²) >= 11 is 0. The zero-order valence-electron chi connectivity index (χ0n) is 12.7. The molecule has 1 amide bonds. The van der Waals surface area contributed by atoms with Crippen LogP contribution in [-0.4, -0.2) is 27.6 Å². The Bertz CT molecular complexity index is 682. The number of anilines is 1. The second-order valence-corrected chi connectivity index (χ2v) is 5.74. The molecule has 7 nitrogen and oxygen atoms in total. The third-order valence-corrected chi connectivity index (χ3v) is 3.84. The third kappa shape index (κ3) is 2.54. The first kappa shape index (κ1) is 14.5. The molecule has 0 unspecified atom stereocenters. The minimum atomic E-state index is -0.484. The number of hydrogen-bond donors (Lipinski definition) is 1. The van der Waals surface area contributed by atoms with Gasteiger partial charge in [0.15, 0.2) is 5.82 Å². The van der Waals surface area contributed by atoms with Crippen molar-refractivity contribution in [3.8, 4) is 0 Å². The lowest BCUT2D eigenvalue weighted by molar-refractivity contribution is 0.100. The van der Waals surface area contributed by atoms with E-state index in [1.807, 2.05) is 18.7 Å². The molecule has 22 heavy (non-hydrogen) atoms. The van der Waals surface area contributed by atoms with Crippen molar-refractivity contribution in [2.45, 2.75) is 38.6 Å². The molecule has 3 heterocycles. The quantitative estimate of drug-likeness (QED) is 0.927. The number of carbonyl (C=O) groups excluding carboxylic acids is 1. The molecule has 1 saturated heterocycles. The number of rotatable bonds is 4. The average molecular weight is 301 g/mol. The lowest BCUT2D eigenvalue weighted by Crippen LogP contribution is -2.27. The Labute approximate surface area is 128 Å². The Kier molecular flexibility index (Phi) is 3.79. The highest BCUT2D eigenvalue weighted by Crippen LogP contribution is 2.36. The van der Waals surface area contributed by atoms with Crippen LogP contribution < -0.4 is 10.6 Å². The van der Waals surface area contributed by atoms with E-state index in [0.717, 1.165) is 19.4 Å². The van der Waals surface area contributed by atoms with Crippen LogP contribution in [0.4, 0.5) is 5.82 Å². The van der Waals surface area contributed by atoms with Gasteiger partial charge in [-0.15, -0.1) is 0 Å². The van der Waals surface area contributed by atoms with E-state index in [1.165, 1.54) is 0 Å². The molecule has 1 fully saturated rings. The fourth-order valence-corrected chi connectivity index (χ4v) is 2.71. The van der Waals surface area contributed by atoms with Gasteiger partial charge in [0, 0.05) is 18.7 Å². The summed E-state index contributed by atoms with van der Waals surface area (Å²) in [6, 6.07) is 3.33. The summed E-state index contributed by atoms with van der Waals surface area (Å²) in [4.78, 5) is 22.5. The largest absolute Gasteiger partial charge is 0.365 e. The van der Waals surface area contributed by atoms with E-state index in [9.17, 15) is 4.79 Å². The lowest BCUT2D eigenvalue weighted by Gasteiger charge is -2.24. The second-order valence-electron chi connectivity index (χ2n) is 5.74. The van der Waals surface area contributed by atoms with Gasteiger partial charge in [0.05, 0.1) is 5.56 Å². The van der Waals surface area contributed by atoms with Crippen LogP contribution in [0.2, 0.25) is 0 Å². The molecule has 1 aliphatic rings. The molecule has 0 saturated carbocycles. The standard InChI is InChI=1S/C15H19N5O2/c1-9(2)13-18-15(22-19-13)11-6-4-8-20(11)14-10(12(16)21)5-3-7-17-14/h3,5,7,9,11H,4,6,8H2,1-2H3,(H2,16,21)/t11-/m0/s1. The van der Waals surface area contributed by atoms with Gasteiger partial charge in [-0.05, 0) is 25.0 Å². The molecule has 0 aromatic carbocycles. The van der Waals surface area contributed by atoms with Crippen LogP contribution in [0.25, 0.3) is 0 Å². The molecule has 2 aromatic heterocycles. The number of primary amides is 1. The summed E-state index contributed by atoms with van der Waals surface area (Å²) in [5, 5.41) is 4.02. The van der Waals surface area contributed by atoms with E-state index in [2.05, 4.69) is 15.1 Å². The first-order valence-electron chi connectivity index (χ1n) is 7.43. The summed E-state index contributed by atoms with van der Waals surface area (Å²) in [6.07, 6.45) is 3.51. The Morgan fingerprint density at radius 1 is 1.50 bits per heavy atom. The topological polar surface area (TPSA) is 98.1 Å². The number of amides is 1. The van der Waals surface area contributed by atoms with Crippen molar-refractivity contribution in [1.82, 2.24) is 15.1 Å². The van der Waals surface area contributed by atoms with E-state index < -0.39 is 5.91 Å². The van der Waals surface area contributed by atoms with E-state index in [4.69, 9.17) is 10.3 Å². The molecule has 7 heteroatoms. The zero-order chi connectivity index (χ0) is 15.7. The first-order chi connectivity index (χ1) is 10.6. The number of carbonyl (C=O) groups is 1. The highest BCUT2D eigenvalue weighted by Gasteiger charge is 2.33. The third-order valence-electron chi connectivity index (χ3n) is 3.84. The fraction of sp³-hybridized carbons (Fsp3) is 0.467. The predicted molar refractivity (Wildman–Crippen MR) is 80.5 cm³/mol. The molecule has 2 N–H and O–H groups in total. The van der Waals surface area contributed by atoms with Crippen molar-refractivity contribution in [1.29, 1.82) is 0 Å². The van der Waals surface area contributed by atoms with Gasteiger partial charge in [-0.25, -0.2) is 4.98 Å². The molecular weight excluding hydrogens is 282 g/mol. The smallest absolute Gasteiger partial charge is 0.252 e. The molecule has 0 spiro atoms. The average Bonchev–Trinajstić information content (AvgIpc) is 3.15. The summed E-state index contributed by atoms with van der Waals surface area (Å²) in [6.45, 7) is 4.82. The highest BCUT2D eigenvalue weighted by atomic mass is 16.5. The minimum Gasteiger partial charge on any atom is -0.365 e. The number of pyridine rings is 1. The van der Waals surface area contributed by atoms with Crippen molar-refractivity contribution < 1.29 is 9.32 Å². The van der Waals surface area contributed by atoms with Crippen LogP contribution in [0.3, 0.4) is 0 Å². The van der Waals surface area contributed by atoms with Crippen LogP contribution in [0, 0.1) is 0 Å². The van der Waals surface area contributed by atoms with Gasteiger partial charge in [0.2, 0.25) is 5.89 Å².